The van der Waals surface area contributed by atoms with Crippen LogP contribution in [0.3, 0.4) is 0 Å². The fourth-order valence-electron chi connectivity index (χ4n) is 4.87. The molecule has 5 heteroatoms. The van der Waals surface area contributed by atoms with Crippen molar-refractivity contribution in [2.24, 2.45) is 0 Å². The van der Waals surface area contributed by atoms with E-state index in [1.54, 1.807) is 0 Å². The largest absolute Gasteiger partial charge is 0.286 e. The second-order valence-electron chi connectivity index (χ2n) is 7.59. The van der Waals surface area contributed by atoms with Gasteiger partial charge in [0.05, 0.1) is 11.4 Å². The third-order valence-corrected chi connectivity index (χ3v) is 6.02. The molecule has 1 aromatic heterocycles. The summed E-state index contributed by atoms with van der Waals surface area (Å²) in [6, 6.07) is 10.2. The lowest BCUT2D eigenvalue weighted by Crippen LogP contribution is -2.45. The standard InChI is InChI=1S/C20H24N4O/c25-20(22-23-11-5-2-6-12-23)18-17-14-9-10-15(13-14)19(17)24(21-18)16-7-3-1-4-8-16/h1,3-4,7-8,14-15H,2,5-6,9-13H2,(H,22,25)/t14-,15-/m0/s1. The molecule has 1 saturated heterocycles. The molecule has 5 rings (SSSR count). The predicted octanol–water partition coefficient (Wildman–Crippen LogP) is 3.37. The summed E-state index contributed by atoms with van der Waals surface area (Å²) in [7, 11) is 0. The lowest BCUT2D eigenvalue weighted by molar-refractivity contribution is 0.0743. The molecule has 25 heavy (non-hydrogen) atoms. The number of rotatable bonds is 3. The lowest BCUT2D eigenvalue weighted by Gasteiger charge is -2.26. The Morgan fingerprint density at radius 3 is 2.60 bits per heavy atom. The van der Waals surface area contributed by atoms with Gasteiger partial charge in [0.15, 0.2) is 5.69 Å². The van der Waals surface area contributed by atoms with Crippen LogP contribution in [0, 0.1) is 0 Å². The minimum atomic E-state index is -0.0274. The first-order valence-electron chi connectivity index (χ1n) is 9.55. The number of carbonyl (C=O) groups is 1. The Hall–Kier alpha value is -2.14. The van der Waals surface area contributed by atoms with Crippen LogP contribution < -0.4 is 5.43 Å². The molecule has 0 spiro atoms. The SMILES string of the molecule is O=C(NN1CCCCC1)c1nn(-c2ccccc2)c2c1[C@H]1CC[C@H]2C1. The smallest absolute Gasteiger partial charge is 0.283 e. The maximum absolute atomic E-state index is 13.0. The zero-order valence-electron chi connectivity index (χ0n) is 14.4. The fraction of sp³-hybridized carbons (Fsp3) is 0.500. The summed E-state index contributed by atoms with van der Waals surface area (Å²) in [6.45, 7) is 1.89. The number of hydrogen-bond donors (Lipinski definition) is 1. The second-order valence-corrected chi connectivity index (χ2v) is 7.59. The predicted molar refractivity (Wildman–Crippen MR) is 95.8 cm³/mol. The van der Waals surface area contributed by atoms with E-state index in [9.17, 15) is 4.79 Å². The van der Waals surface area contributed by atoms with E-state index in [-0.39, 0.29) is 5.91 Å². The van der Waals surface area contributed by atoms with Crippen molar-refractivity contribution in [3.05, 3.63) is 47.3 Å². The quantitative estimate of drug-likeness (QED) is 0.935. The van der Waals surface area contributed by atoms with Gasteiger partial charge in [-0.2, -0.15) is 5.10 Å². The highest BCUT2D eigenvalue weighted by atomic mass is 16.2. The zero-order valence-corrected chi connectivity index (χ0v) is 14.4. The molecular formula is C20H24N4O. The molecule has 1 saturated carbocycles. The van der Waals surface area contributed by atoms with Crippen molar-refractivity contribution in [2.75, 3.05) is 13.1 Å². The molecule has 1 aromatic carbocycles. The van der Waals surface area contributed by atoms with E-state index in [1.807, 2.05) is 22.9 Å². The number of piperidine rings is 1. The highest BCUT2D eigenvalue weighted by Crippen LogP contribution is 2.54. The fourth-order valence-corrected chi connectivity index (χ4v) is 4.87. The summed E-state index contributed by atoms with van der Waals surface area (Å²) in [5.74, 6) is 1.05. The number of hydrogen-bond acceptors (Lipinski definition) is 3. The number of fused-ring (bicyclic) bond motifs is 5. The average molecular weight is 336 g/mol. The number of amides is 1. The van der Waals surface area contributed by atoms with Crippen LogP contribution in [0.4, 0.5) is 0 Å². The van der Waals surface area contributed by atoms with E-state index in [0.717, 1.165) is 31.6 Å². The Balaban J connectivity index is 1.52. The first-order chi connectivity index (χ1) is 12.3. The van der Waals surface area contributed by atoms with E-state index in [2.05, 4.69) is 22.6 Å². The van der Waals surface area contributed by atoms with Gasteiger partial charge in [-0.1, -0.05) is 24.6 Å². The average Bonchev–Trinajstić information content (AvgIpc) is 3.36. The van der Waals surface area contributed by atoms with Gasteiger partial charge in [0.1, 0.15) is 0 Å². The molecule has 130 valence electrons. The van der Waals surface area contributed by atoms with Crippen molar-refractivity contribution in [3.8, 4) is 5.69 Å². The van der Waals surface area contributed by atoms with Crippen molar-refractivity contribution in [3.63, 3.8) is 0 Å². The van der Waals surface area contributed by atoms with Crippen LogP contribution in [-0.4, -0.2) is 33.8 Å². The van der Waals surface area contributed by atoms with E-state index in [0.29, 0.717) is 17.5 Å². The molecule has 2 bridgehead atoms. The van der Waals surface area contributed by atoms with Crippen molar-refractivity contribution in [1.82, 2.24) is 20.2 Å². The van der Waals surface area contributed by atoms with Gasteiger partial charge < -0.3 is 0 Å². The van der Waals surface area contributed by atoms with Crippen molar-refractivity contribution < 1.29 is 4.79 Å². The van der Waals surface area contributed by atoms with Crippen LogP contribution in [-0.2, 0) is 0 Å². The van der Waals surface area contributed by atoms with Crippen molar-refractivity contribution in [2.45, 2.75) is 50.4 Å². The Bertz CT molecular complexity index is 792. The number of carbonyl (C=O) groups excluding carboxylic acids is 1. The van der Waals surface area contributed by atoms with Gasteiger partial charge >= 0.3 is 0 Å². The Morgan fingerprint density at radius 2 is 1.80 bits per heavy atom. The van der Waals surface area contributed by atoms with Gasteiger partial charge in [0.2, 0.25) is 0 Å². The third-order valence-electron chi connectivity index (χ3n) is 6.02. The Morgan fingerprint density at radius 1 is 1.04 bits per heavy atom. The van der Waals surface area contributed by atoms with E-state index in [1.165, 1.54) is 36.9 Å². The van der Waals surface area contributed by atoms with Gasteiger partial charge in [0, 0.05) is 24.6 Å². The molecule has 1 aliphatic heterocycles. The summed E-state index contributed by atoms with van der Waals surface area (Å²) in [5.41, 5.74) is 7.32. The normalized spacial score (nSPS) is 25.1. The summed E-state index contributed by atoms with van der Waals surface area (Å²) in [6.07, 6.45) is 7.17. The lowest BCUT2D eigenvalue weighted by atomic mass is 9.95. The van der Waals surface area contributed by atoms with Gasteiger partial charge in [-0.3, -0.25) is 10.2 Å². The first-order valence-corrected chi connectivity index (χ1v) is 9.55. The van der Waals surface area contributed by atoms with Gasteiger partial charge in [-0.05, 0) is 50.2 Å². The molecule has 2 aromatic rings. The maximum Gasteiger partial charge on any atom is 0.286 e. The van der Waals surface area contributed by atoms with E-state index >= 15 is 0 Å². The molecule has 5 nitrogen and oxygen atoms in total. The van der Waals surface area contributed by atoms with Gasteiger partial charge in [0.25, 0.3) is 5.91 Å². The van der Waals surface area contributed by atoms with E-state index in [4.69, 9.17) is 5.10 Å². The number of benzene rings is 1. The first kappa shape index (κ1) is 15.1. The zero-order chi connectivity index (χ0) is 16.8. The molecular weight excluding hydrogens is 312 g/mol. The molecule has 3 aliphatic rings. The number of hydrazine groups is 1. The number of aromatic nitrogens is 2. The summed E-state index contributed by atoms with van der Waals surface area (Å²) in [4.78, 5) is 13.0. The third kappa shape index (κ3) is 2.49. The van der Waals surface area contributed by atoms with Crippen LogP contribution >= 0.6 is 0 Å². The molecule has 0 unspecified atom stereocenters. The van der Waals surface area contributed by atoms with Crippen LogP contribution in [0.15, 0.2) is 30.3 Å². The minimum absolute atomic E-state index is 0.0274. The number of para-hydroxylation sites is 1. The van der Waals surface area contributed by atoms with Crippen LogP contribution in [0.2, 0.25) is 0 Å². The van der Waals surface area contributed by atoms with Crippen LogP contribution in [0.5, 0.6) is 0 Å². The molecule has 2 fully saturated rings. The molecule has 2 aliphatic carbocycles. The summed E-state index contributed by atoms with van der Waals surface area (Å²) < 4.78 is 2.03. The van der Waals surface area contributed by atoms with Crippen molar-refractivity contribution >= 4 is 5.91 Å². The van der Waals surface area contributed by atoms with Crippen LogP contribution in [0.25, 0.3) is 5.69 Å². The highest BCUT2D eigenvalue weighted by molar-refractivity contribution is 5.94. The minimum Gasteiger partial charge on any atom is -0.283 e. The number of nitrogens with one attached hydrogen (secondary N) is 1. The Kier molecular flexibility index (Phi) is 3.63. The van der Waals surface area contributed by atoms with E-state index < -0.39 is 0 Å². The molecule has 0 radical (unpaired) electrons. The molecule has 1 amide bonds. The monoisotopic (exact) mass is 336 g/mol. The second kappa shape index (κ2) is 5.99. The highest BCUT2D eigenvalue weighted by Gasteiger charge is 2.44. The summed E-state index contributed by atoms with van der Waals surface area (Å²) >= 11 is 0. The van der Waals surface area contributed by atoms with Crippen LogP contribution in [0.1, 0.15) is 72.1 Å². The van der Waals surface area contributed by atoms with Gasteiger partial charge in [-0.25, -0.2) is 9.69 Å². The topological polar surface area (TPSA) is 50.2 Å². The molecule has 1 N–H and O–H groups in total. The van der Waals surface area contributed by atoms with Gasteiger partial charge in [-0.15, -0.1) is 0 Å². The summed E-state index contributed by atoms with van der Waals surface area (Å²) in [5, 5.41) is 6.85. The molecule has 2 atom stereocenters. The maximum atomic E-state index is 13.0. The molecule has 2 heterocycles. The van der Waals surface area contributed by atoms with Crippen molar-refractivity contribution in [1.29, 1.82) is 0 Å². The Labute approximate surface area is 148 Å². The number of nitrogens with zero attached hydrogens (tertiary/aromatic N) is 3.